The van der Waals surface area contributed by atoms with E-state index in [9.17, 15) is 0 Å². The summed E-state index contributed by atoms with van der Waals surface area (Å²) in [7, 11) is 0. The van der Waals surface area contributed by atoms with E-state index >= 15 is 0 Å². The number of hydrogen-bond donors (Lipinski definition) is 0. The first-order valence-electron chi connectivity index (χ1n) is 13.1. The molecule has 0 saturated heterocycles. The van der Waals surface area contributed by atoms with Crippen molar-refractivity contribution in [1.29, 1.82) is 0 Å². The Bertz CT molecular complexity index is 1130. The van der Waals surface area contributed by atoms with Crippen LogP contribution in [0.1, 0.15) is 89.5 Å². The van der Waals surface area contributed by atoms with Gasteiger partial charge in [-0.05, 0) is 42.0 Å². The summed E-state index contributed by atoms with van der Waals surface area (Å²) in [5, 5.41) is 5.01. The Morgan fingerprint density at radius 1 is 0.562 bits per heavy atom. The van der Waals surface area contributed by atoms with Gasteiger partial charge in [-0.1, -0.05) is 120 Å². The summed E-state index contributed by atoms with van der Waals surface area (Å²) in [6, 6.07) is 22.1. The van der Waals surface area contributed by atoms with Gasteiger partial charge in [0.25, 0.3) is 0 Å². The van der Waals surface area contributed by atoms with Crippen molar-refractivity contribution < 1.29 is 0 Å². The molecule has 0 atom stereocenters. The van der Waals surface area contributed by atoms with Crippen LogP contribution in [-0.4, -0.2) is 4.98 Å². The quantitative estimate of drug-likeness (QED) is 0.118. The number of unbranched alkanes of at least 4 members (excludes halogenated alkanes) is 11. The lowest BCUT2D eigenvalue weighted by molar-refractivity contribution is 0.544. The monoisotopic (exact) mass is 425 g/mol. The molecule has 0 N–H and O–H groups in total. The Morgan fingerprint density at radius 2 is 1.22 bits per heavy atom. The van der Waals surface area contributed by atoms with Crippen molar-refractivity contribution in [3.8, 4) is 0 Å². The number of aromatic nitrogens is 1. The Balaban J connectivity index is 1.23. The lowest BCUT2D eigenvalue weighted by Gasteiger charge is -2.08. The fraction of sp³-hybridized carbons (Fsp3) is 0.452. The van der Waals surface area contributed by atoms with Crippen LogP contribution in [0, 0.1) is 0 Å². The van der Waals surface area contributed by atoms with E-state index in [1.165, 1.54) is 111 Å². The predicted octanol–water partition coefficient (Wildman–Crippen LogP) is 9.78. The van der Waals surface area contributed by atoms with Crippen LogP contribution in [-0.2, 0) is 6.42 Å². The Kier molecular flexibility index (Phi) is 8.54. The number of fused-ring (bicyclic) bond motifs is 4. The second-order valence-electron chi connectivity index (χ2n) is 9.51. The fourth-order valence-electron chi connectivity index (χ4n) is 4.95. The average molecular weight is 426 g/mol. The first-order valence-corrected chi connectivity index (χ1v) is 13.1. The molecule has 0 aliphatic carbocycles. The lowest BCUT2D eigenvalue weighted by Crippen LogP contribution is -1.89. The molecule has 0 amide bonds. The molecule has 4 rings (SSSR count). The average Bonchev–Trinajstić information content (AvgIpc) is 2.83. The van der Waals surface area contributed by atoms with E-state index in [2.05, 4.69) is 67.6 Å². The Hall–Kier alpha value is -2.41. The first-order chi connectivity index (χ1) is 15.8. The minimum Gasteiger partial charge on any atom is -0.247 e. The number of benzene rings is 3. The smallest absolute Gasteiger partial charge is 0.0788 e. The van der Waals surface area contributed by atoms with Crippen LogP contribution in [0.15, 0.2) is 60.7 Å². The summed E-state index contributed by atoms with van der Waals surface area (Å²) < 4.78 is 0. The van der Waals surface area contributed by atoms with Crippen molar-refractivity contribution in [2.24, 2.45) is 0 Å². The van der Waals surface area contributed by atoms with E-state index in [4.69, 9.17) is 4.98 Å². The van der Waals surface area contributed by atoms with Gasteiger partial charge in [0, 0.05) is 16.2 Å². The highest BCUT2D eigenvalue weighted by Crippen LogP contribution is 2.27. The number of aryl methyl sites for hydroxylation is 1. The maximum atomic E-state index is 5.01. The van der Waals surface area contributed by atoms with E-state index < -0.39 is 0 Å². The van der Waals surface area contributed by atoms with Crippen molar-refractivity contribution in [3.63, 3.8) is 0 Å². The zero-order valence-electron chi connectivity index (χ0n) is 19.9. The molecule has 1 heteroatoms. The van der Waals surface area contributed by atoms with Crippen molar-refractivity contribution >= 4 is 32.6 Å². The molecule has 0 aliphatic rings. The zero-order valence-corrected chi connectivity index (χ0v) is 19.9. The highest BCUT2D eigenvalue weighted by molar-refractivity contribution is 6.08. The summed E-state index contributed by atoms with van der Waals surface area (Å²) in [6.45, 7) is 2.29. The van der Waals surface area contributed by atoms with E-state index in [1.807, 2.05) is 0 Å². The molecule has 0 fully saturated rings. The molecule has 3 aromatic carbocycles. The van der Waals surface area contributed by atoms with Gasteiger partial charge in [-0.2, -0.15) is 0 Å². The number of nitrogens with zero attached hydrogens (tertiary/aromatic N) is 1. The molecule has 0 saturated carbocycles. The van der Waals surface area contributed by atoms with Gasteiger partial charge in [0.1, 0.15) is 0 Å². The fourth-order valence-corrected chi connectivity index (χ4v) is 4.95. The molecular formula is C31H39N. The van der Waals surface area contributed by atoms with Crippen LogP contribution < -0.4 is 0 Å². The predicted molar refractivity (Wildman–Crippen MR) is 142 cm³/mol. The summed E-state index contributed by atoms with van der Waals surface area (Å²) in [4.78, 5) is 5.01. The van der Waals surface area contributed by atoms with Gasteiger partial charge in [-0.3, -0.25) is 0 Å². The van der Waals surface area contributed by atoms with Gasteiger partial charge in [0.05, 0.1) is 11.0 Å². The summed E-state index contributed by atoms with van der Waals surface area (Å²) >= 11 is 0. The molecule has 0 spiro atoms. The van der Waals surface area contributed by atoms with Gasteiger partial charge >= 0.3 is 0 Å². The molecule has 0 radical (unpaired) electrons. The summed E-state index contributed by atoms with van der Waals surface area (Å²) in [5.74, 6) is 0. The van der Waals surface area contributed by atoms with Gasteiger partial charge in [-0.25, -0.2) is 4.98 Å². The molecular weight excluding hydrogens is 386 g/mol. The Morgan fingerprint density at radius 3 is 1.97 bits per heavy atom. The number of pyridine rings is 1. The van der Waals surface area contributed by atoms with E-state index in [-0.39, 0.29) is 0 Å². The third-order valence-corrected chi connectivity index (χ3v) is 6.89. The van der Waals surface area contributed by atoms with Crippen molar-refractivity contribution in [2.75, 3.05) is 0 Å². The third-order valence-electron chi connectivity index (χ3n) is 6.89. The SMILES string of the molecule is CCCCCCCCCCCCCCc1ccc2nc3c(ccc4ccccc43)cc2c1. The normalized spacial score (nSPS) is 11.7. The molecule has 4 aromatic rings. The summed E-state index contributed by atoms with van der Waals surface area (Å²) in [5.41, 5.74) is 3.67. The largest absolute Gasteiger partial charge is 0.247 e. The molecule has 0 unspecified atom stereocenters. The van der Waals surface area contributed by atoms with Crippen LogP contribution in [0.3, 0.4) is 0 Å². The van der Waals surface area contributed by atoms with E-state index in [0.29, 0.717) is 0 Å². The highest BCUT2D eigenvalue weighted by Gasteiger charge is 2.05. The maximum Gasteiger partial charge on any atom is 0.0788 e. The van der Waals surface area contributed by atoms with Crippen molar-refractivity contribution in [2.45, 2.75) is 90.4 Å². The first kappa shape index (κ1) is 22.8. The minimum absolute atomic E-state index is 1.10. The topological polar surface area (TPSA) is 12.9 Å². The van der Waals surface area contributed by atoms with E-state index in [1.54, 1.807) is 0 Å². The minimum atomic E-state index is 1.10. The van der Waals surface area contributed by atoms with Crippen LogP contribution in [0.25, 0.3) is 32.6 Å². The number of rotatable bonds is 13. The molecule has 0 bridgehead atoms. The molecule has 32 heavy (non-hydrogen) atoms. The van der Waals surface area contributed by atoms with Crippen LogP contribution in [0.2, 0.25) is 0 Å². The zero-order chi connectivity index (χ0) is 22.0. The molecule has 168 valence electrons. The second-order valence-corrected chi connectivity index (χ2v) is 9.51. The van der Waals surface area contributed by atoms with Crippen LogP contribution in [0.4, 0.5) is 0 Å². The van der Waals surface area contributed by atoms with Crippen LogP contribution in [0.5, 0.6) is 0 Å². The van der Waals surface area contributed by atoms with Crippen molar-refractivity contribution in [3.05, 3.63) is 66.2 Å². The highest BCUT2D eigenvalue weighted by atomic mass is 14.7. The van der Waals surface area contributed by atoms with Crippen molar-refractivity contribution in [1.82, 2.24) is 4.98 Å². The molecule has 0 aliphatic heterocycles. The number of hydrogen-bond acceptors (Lipinski definition) is 1. The lowest BCUT2D eigenvalue weighted by atomic mass is 10.0. The second kappa shape index (κ2) is 12.0. The van der Waals surface area contributed by atoms with Gasteiger partial charge in [-0.15, -0.1) is 0 Å². The maximum absolute atomic E-state index is 5.01. The molecule has 1 nitrogen and oxygen atoms in total. The van der Waals surface area contributed by atoms with Gasteiger partial charge in [0.2, 0.25) is 0 Å². The standard InChI is InChI=1S/C31H39N/c1-2-3-4-5-6-7-8-9-10-11-12-13-16-25-19-22-30-28(23-25)24-27-21-20-26-17-14-15-18-29(26)31(27)32-30/h14-15,17-24H,2-13,16H2,1H3. The van der Waals surface area contributed by atoms with Gasteiger partial charge in [0.15, 0.2) is 0 Å². The molecule has 1 aromatic heterocycles. The molecule has 1 heterocycles. The van der Waals surface area contributed by atoms with Crippen LogP contribution >= 0.6 is 0 Å². The Labute approximate surface area is 194 Å². The summed E-state index contributed by atoms with van der Waals surface area (Å²) in [6.07, 6.45) is 18.1. The van der Waals surface area contributed by atoms with Gasteiger partial charge < -0.3 is 0 Å². The third kappa shape index (κ3) is 6.09. The van der Waals surface area contributed by atoms with E-state index in [0.717, 1.165) is 11.0 Å².